The van der Waals surface area contributed by atoms with Crippen molar-refractivity contribution in [2.75, 3.05) is 0 Å². The van der Waals surface area contributed by atoms with Crippen LogP contribution < -0.4 is 0 Å². The van der Waals surface area contributed by atoms with E-state index in [9.17, 15) is 23.5 Å². The van der Waals surface area contributed by atoms with E-state index in [-0.39, 0.29) is 17.5 Å². The number of carbonyl (C=O) groups is 2. The summed E-state index contributed by atoms with van der Waals surface area (Å²) in [5, 5.41) is 9.29. The summed E-state index contributed by atoms with van der Waals surface area (Å²) in [6, 6.07) is 0.929. The summed E-state index contributed by atoms with van der Waals surface area (Å²) in [4.78, 5) is 25.0. The Balaban J connectivity index is 2.39. The van der Waals surface area contributed by atoms with E-state index < -0.39 is 35.6 Å². The molecule has 1 heterocycles. The zero-order valence-corrected chi connectivity index (χ0v) is 10.5. The first-order chi connectivity index (χ1) is 8.82. The molecule has 2 amide bonds. The van der Waals surface area contributed by atoms with Crippen molar-refractivity contribution in [2.24, 2.45) is 0 Å². The van der Waals surface area contributed by atoms with Crippen molar-refractivity contribution in [1.29, 1.82) is 0 Å². The van der Waals surface area contributed by atoms with Crippen LogP contribution in [0.5, 0.6) is 0 Å². The zero-order chi connectivity index (χ0) is 14.3. The summed E-state index contributed by atoms with van der Waals surface area (Å²) in [5.41, 5.74) is -0.275. The van der Waals surface area contributed by atoms with Gasteiger partial charge in [0.2, 0.25) is 0 Å². The molecule has 1 aromatic carbocycles. The van der Waals surface area contributed by atoms with Gasteiger partial charge >= 0.3 is 0 Å². The second-order valence-corrected chi connectivity index (χ2v) is 4.73. The Hall–Kier alpha value is -1.82. The molecule has 1 aliphatic rings. The smallest absolute Gasteiger partial charge is 0.261 e. The first-order valence-corrected chi connectivity index (χ1v) is 5.88. The molecule has 0 radical (unpaired) electrons. The quantitative estimate of drug-likeness (QED) is 0.850. The highest BCUT2D eigenvalue weighted by atomic mass is 19.2. The summed E-state index contributed by atoms with van der Waals surface area (Å²) in [7, 11) is 0. The van der Waals surface area contributed by atoms with E-state index in [1.54, 1.807) is 6.92 Å². The van der Waals surface area contributed by atoms with Crippen molar-refractivity contribution in [2.45, 2.75) is 32.4 Å². The SMILES string of the molecule is CC(O)CC(C)N1C(=O)c2cc(F)c(F)cc2C1=O. The Morgan fingerprint density at radius 1 is 1.11 bits per heavy atom. The van der Waals surface area contributed by atoms with Gasteiger partial charge in [0.05, 0.1) is 17.2 Å². The second kappa shape index (κ2) is 4.70. The fourth-order valence-corrected chi connectivity index (χ4v) is 2.25. The van der Waals surface area contributed by atoms with E-state index in [1.807, 2.05) is 0 Å². The van der Waals surface area contributed by atoms with Gasteiger partial charge in [0.25, 0.3) is 11.8 Å². The van der Waals surface area contributed by atoms with Gasteiger partial charge in [0.1, 0.15) is 0 Å². The third-order valence-electron chi connectivity index (χ3n) is 3.08. The summed E-state index contributed by atoms with van der Waals surface area (Å²) in [5.74, 6) is -3.64. The maximum atomic E-state index is 13.1. The fourth-order valence-electron chi connectivity index (χ4n) is 2.25. The van der Waals surface area contributed by atoms with Crippen molar-refractivity contribution in [3.05, 3.63) is 34.9 Å². The van der Waals surface area contributed by atoms with Crippen LogP contribution in [0.1, 0.15) is 41.0 Å². The molecule has 0 bridgehead atoms. The number of hydrogen-bond donors (Lipinski definition) is 1. The minimum atomic E-state index is -1.16. The number of fused-ring (bicyclic) bond motifs is 1. The standard InChI is InChI=1S/C13H13F2NO3/c1-6(3-7(2)17)16-12(18)8-4-10(14)11(15)5-9(8)13(16)19/h4-7,17H,3H2,1-2H3. The average Bonchev–Trinajstić information content (AvgIpc) is 2.52. The monoisotopic (exact) mass is 269 g/mol. The highest BCUT2D eigenvalue weighted by molar-refractivity contribution is 6.21. The Kier molecular flexibility index (Phi) is 3.36. The van der Waals surface area contributed by atoms with Crippen LogP contribution in [-0.2, 0) is 0 Å². The lowest BCUT2D eigenvalue weighted by Crippen LogP contribution is -2.39. The molecular weight excluding hydrogens is 256 g/mol. The third-order valence-corrected chi connectivity index (χ3v) is 3.08. The molecule has 0 aromatic heterocycles. The highest BCUT2D eigenvalue weighted by Gasteiger charge is 2.39. The number of rotatable bonds is 3. The van der Waals surface area contributed by atoms with Crippen molar-refractivity contribution < 1.29 is 23.5 Å². The normalized spacial score (nSPS) is 17.6. The van der Waals surface area contributed by atoms with Crippen LogP contribution in [0, 0.1) is 11.6 Å². The van der Waals surface area contributed by atoms with Crippen LogP contribution in [0.3, 0.4) is 0 Å². The van der Waals surface area contributed by atoms with Gasteiger partial charge in [0, 0.05) is 6.04 Å². The van der Waals surface area contributed by atoms with E-state index in [2.05, 4.69) is 0 Å². The summed E-state index contributed by atoms with van der Waals surface area (Å²) in [6.07, 6.45) is -0.482. The van der Waals surface area contributed by atoms with Gasteiger partial charge in [-0.25, -0.2) is 8.78 Å². The Labute approximate surface area is 108 Å². The highest BCUT2D eigenvalue weighted by Crippen LogP contribution is 2.27. The number of nitrogens with zero attached hydrogens (tertiary/aromatic N) is 1. The van der Waals surface area contributed by atoms with Gasteiger partial charge in [0.15, 0.2) is 11.6 Å². The maximum absolute atomic E-state index is 13.1. The van der Waals surface area contributed by atoms with Crippen LogP contribution in [0.15, 0.2) is 12.1 Å². The molecule has 0 aliphatic carbocycles. The lowest BCUT2D eigenvalue weighted by atomic mass is 10.1. The van der Waals surface area contributed by atoms with Crippen LogP contribution in [0.4, 0.5) is 8.78 Å². The van der Waals surface area contributed by atoms with E-state index in [0.29, 0.717) is 0 Å². The summed E-state index contributed by atoms with van der Waals surface area (Å²) in [6.45, 7) is 3.13. The average molecular weight is 269 g/mol. The number of carbonyl (C=O) groups excluding carboxylic acids is 2. The molecule has 2 unspecified atom stereocenters. The number of imide groups is 1. The van der Waals surface area contributed by atoms with Crippen molar-refractivity contribution in [3.8, 4) is 0 Å². The fraction of sp³-hybridized carbons (Fsp3) is 0.385. The first-order valence-electron chi connectivity index (χ1n) is 5.88. The molecule has 19 heavy (non-hydrogen) atoms. The molecule has 4 nitrogen and oxygen atoms in total. The molecule has 1 aliphatic heterocycles. The van der Waals surface area contributed by atoms with Gasteiger partial charge in [-0.3, -0.25) is 14.5 Å². The molecule has 1 N–H and O–H groups in total. The largest absolute Gasteiger partial charge is 0.393 e. The van der Waals surface area contributed by atoms with Gasteiger partial charge < -0.3 is 5.11 Å². The minimum Gasteiger partial charge on any atom is -0.393 e. The molecular formula is C13H13F2NO3. The number of hydrogen-bond acceptors (Lipinski definition) is 3. The Morgan fingerprint density at radius 2 is 1.53 bits per heavy atom. The molecule has 0 fully saturated rings. The van der Waals surface area contributed by atoms with E-state index >= 15 is 0 Å². The van der Waals surface area contributed by atoms with Crippen LogP contribution >= 0.6 is 0 Å². The topological polar surface area (TPSA) is 57.6 Å². The van der Waals surface area contributed by atoms with Crippen molar-refractivity contribution in [1.82, 2.24) is 4.90 Å². The molecule has 6 heteroatoms. The van der Waals surface area contributed by atoms with Gasteiger partial charge in [-0.15, -0.1) is 0 Å². The van der Waals surface area contributed by atoms with Crippen LogP contribution in [0.25, 0.3) is 0 Å². The predicted molar refractivity (Wildman–Crippen MR) is 62.6 cm³/mol. The van der Waals surface area contributed by atoms with Crippen molar-refractivity contribution >= 4 is 11.8 Å². The Bertz CT molecular complexity index is 516. The second-order valence-electron chi connectivity index (χ2n) is 4.73. The Morgan fingerprint density at radius 3 is 1.89 bits per heavy atom. The lowest BCUT2D eigenvalue weighted by Gasteiger charge is -2.23. The van der Waals surface area contributed by atoms with Crippen LogP contribution in [0.2, 0.25) is 0 Å². The number of halogens is 2. The maximum Gasteiger partial charge on any atom is 0.261 e. The number of aliphatic hydroxyl groups is 1. The molecule has 2 atom stereocenters. The zero-order valence-electron chi connectivity index (χ0n) is 10.5. The van der Waals surface area contributed by atoms with E-state index in [1.165, 1.54) is 6.92 Å². The summed E-state index contributed by atoms with van der Waals surface area (Å²) < 4.78 is 26.2. The minimum absolute atomic E-state index is 0.138. The molecule has 0 spiro atoms. The van der Waals surface area contributed by atoms with Gasteiger partial charge in [-0.05, 0) is 32.4 Å². The summed E-state index contributed by atoms with van der Waals surface area (Å²) >= 11 is 0. The van der Waals surface area contributed by atoms with E-state index in [0.717, 1.165) is 17.0 Å². The number of aliphatic hydroxyl groups excluding tert-OH is 1. The van der Waals surface area contributed by atoms with Gasteiger partial charge in [-0.2, -0.15) is 0 Å². The molecule has 1 aromatic rings. The van der Waals surface area contributed by atoms with Gasteiger partial charge in [-0.1, -0.05) is 0 Å². The predicted octanol–water partition coefficient (Wildman–Crippen LogP) is 1.72. The van der Waals surface area contributed by atoms with E-state index in [4.69, 9.17) is 0 Å². The molecule has 102 valence electrons. The van der Waals surface area contributed by atoms with Crippen molar-refractivity contribution in [3.63, 3.8) is 0 Å². The lowest BCUT2D eigenvalue weighted by molar-refractivity contribution is 0.0546. The first kappa shape index (κ1) is 13.6. The number of benzene rings is 1. The molecule has 2 rings (SSSR count). The molecule has 0 saturated carbocycles. The number of amides is 2. The van der Waals surface area contributed by atoms with Crippen LogP contribution in [-0.4, -0.2) is 34.0 Å². The third kappa shape index (κ3) is 2.23. The molecule has 0 saturated heterocycles.